The fourth-order valence-electron chi connectivity index (χ4n) is 2.79. The fourth-order valence-corrected chi connectivity index (χ4v) is 2.79. The van der Waals surface area contributed by atoms with Crippen LogP contribution in [0.5, 0.6) is 0 Å². The number of rotatable bonds is 6. The van der Waals surface area contributed by atoms with Gasteiger partial charge in [-0.2, -0.15) is 0 Å². The van der Waals surface area contributed by atoms with Crippen LogP contribution in [0, 0.1) is 0 Å². The minimum Gasteiger partial charge on any atom is -0.382 e. The van der Waals surface area contributed by atoms with Gasteiger partial charge in [0.1, 0.15) is 0 Å². The van der Waals surface area contributed by atoms with Gasteiger partial charge in [0.05, 0.1) is 0 Å². The quantitative estimate of drug-likeness (QED) is 0.699. The van der Waals surface area contributed by atoms with Crippen LogP contribution in [-0.2, 0) is 12.8 Å². The van der Waals surface area contributed by atoms with E-state index in [1.54, 1.807) is 0 Å². The molecule has 0 aliphatic carbocycles. The summed E-state index contributed by atoms with van der Waals surface area (Å²) in [7, 11) is 0. The Balaban J connectivity index is 1.83. The molecule has 0 saturated heterocycles. The molecule has 0 radical (unpaired) electrons. The Morgan fingerprint density at radius 1 is 1.17 bits per heavy atom. The van der Waals surface area contributed by atoms with E-state index in [4.69, 9.17) is 0 Å². The SMILES string of the molecule is CCCCCCCc1ccc2c(c1)CCC(C)N2. The summed E-state index contributed by atoms with van der Waals surface area (Å²) in [6, 6.07) is 7.65. The highest BCUT2D eigenvalue weighted by atomic mass is 14.9. The molecule has 1 heteroatoms. The van der Waals surface area contributed by atoms with Crippen LogP contribution in [0.3, 0.4) is 0 Å². The molecule has 1 unspecified atom stereocenters. The third kappa shape index (κ3) is 3.76. The van der Waals surface area contributed by atoms with Crippen molar-refractivity contribution in [2.24, 2.45) is 0 Å². The van der Waals surface area contributed by atoms with Crippen LogP contribution in [0.15, 0.2) is 18.2 Å². The largest absolute Gasteiger partial charge is 0.382 e. The number of nitrogens with one attached hydrogen (secondary N) is 1. The zero-order chi connectivity index (χ0) is 12.8. The molecule has 1 heterocycles. The minimum absolute atomic E-state index is 0.636. The summed E-state index contributed by atoms with van der Waals surface area (Å²) < 4.78 is 0. The van der Waals surface area contributed by atoms with Crippen molar-refractivity contribution in [3.05, 3.63) is 29.3 Å². The van der Waals surface area contributed by atoms with Gasteiger partial charge in [-0.1, -0.05) is 44.7 Å². The Morgan fingerprint density at radius 2 is 2.00 bits per heavy atom. The van der Waals surface area contributed by atoms with Gasteiger partial charge >= 0.3 is 0 Å². The number of benzene rings is 1. The van der Waals surface area contributed by atoms with Gasteiger partial charge in [-0.25, -0.2) is 0 Å². The van der Waals surface area contributed by atoms with E-state index in [1.165, 1.54) is 68.2 Å². The van der Waals surface area contributed by atoms with Crippen LogP contribution < -0.4 is 5.32 Å². The van der Waals surface area contributed by atoms with Gasteiger partial charge < -0.3 is 5.32 Å². The van der Waals surface area contributed by atoms with Gasteiger partial charge in [0.25, 0.3) is 0 Å². The van der Waals surface area contributed by atoms with Crippen molar-refractivity contribution in [3.63, 3.8) is 0 Å². The topological polar surface area (TPSA) is 12.0 Å². The highest BCUT2D eigenvalue weighted by Crippen LogP contribution is 2.26. The minimum atomic E-state index is 0.636. The first kappa shape index (κ1) is 13.5. The predicted octanol–water partition coefficient (Wildman–Crippen LogP) is 4.95. The molecule has 100 valence electrons. The molecule has 1 aromatic rings. The lowest BCUT2D eigenvalue weighted by Gasteiger charge is -2.24. The Labute approximate surface area is 112 Å². The molecule has 1 aliphatic heterocycles. The second-order valence-electron chi connectivity index (χ2n) is 5.74. The first-order chi connectivity index (χ1) is 8.79. The number of unbranched alkanes of at least 4 members (excludes halogenated alkanes) is 4. The molecule has 0 spiro atoms. The molecule has 0 amide bonds. The van der Waals surface area contributed by atoms with Crippen molar-refractivity contribution in [1.29, 1.82) is 0 Å². The zero-order valence-corrected chi connectivity index (χ0v) is 12.0. The van der Waals surface area contributed by atoms with E-state index in [2.05, 4.69) is 37.4 Å². The van der Waals surface area contributed by atoms with Crippen molar-refractivity contribution >= 4 is 5.69 Å². The second kappa shape index (κ2) is 6.82. The standard InChI is InChI=1S/C17H27N/c1-3-4-5-6-7-8-15-10-12-17-16(13-15)11-9-14(2)18-17/h10,12-14,18H,3-9,11H2,1-2H3. The molecule has 0 fully saturated rings. The highest BCUT2D eigenvalue weighted by molar-refractivity contribution is 5.55. The van der Waals surface area contributed by atoms with Crippen molar-refractivity contribution < 1.29 is 0 Å². The molecule has 1 aromatic carbocycles. The predicted molar refractivity (Wildman–Crippen MR) is 80.3 cm³/mol. The van der Waals surface area contributed by atoms with E-state index in [9.17, 15) is 0 Å². The Morgan fingerprint density at radius 3 is 2.83 bits per heavy atom. The summed E-state index contributed by atoms with van der Waals surface area (Å²) >= 11 is 0. The van der Waals surface area contributed by atoms with Gasteiger partial charge in [0, 0.05) is 11.7 Å². The van der Waals surface area contributed by atoms with Gasteiger partial charge in [-0.15, -0.1) is 0 Å². The second-order valence-corrected chi connectivity index (χ2v) is 5.74. The zero-order valence-electron chi connectivity index (χ0n) is 12.0. The molecular formula is C17H27N. The number of anilines is 1. The lowest BCUT2D eigenvalue weighted by atomic mass is 9.95. The van der Waals surface area contributed by atoms with Crippen LogP contribution in [0.4, 0.5) is 5.69 Å². The number of hydrogen-bond acceptors (Lipinski definition) is 1. The summed E-state index contributed by atoms with van der Waals surface area (Å²) in [4.78, 5) is 0. The molecule has 18 heavy (non-hydrogen) atoms. The average molecular weight is 245 g/mol. The van der Waals surface area contributed by atoms with Crippen molar-refractivity contribution in [2.45, 2.75) is 71.3 Å². The lowest BCUT2D eigenvalue weighted by molar-refractivity contribution is 0.631. The average Bonchev–Trinajstić information content (AvgIpc) is 2.38. The summed E-state index contributed by atoms with van der Waals surface area (Å²) in [5.74, 6) is 0. The van der Waals surface area contributed by atoms with E-state index in [0.29, 0.717) is 6.04 Å². The maximum absolute atomic E-state index is 3.57. The summed E-state index contributed by atoms with van der Waals surface area (Å²) in [6.45, 7) is 4.54. The fraction of sp³-hybridized carbons (Fsp3) is 0.647. The molecule has 1 nitrogen and oxygen atoms in total. The molecule has 1 aliphatic rings. The van der Waals surface area contributed by atoms with Crippen molar-refractivity contribution in [2.75, 3.05) is 5.32 Å². The van der Waals surface area contributed by atoms with Gasteiger partial charge in [-0.3, -0.25) is 0 Å². The lowest BCUT2D eigenvalue weighted by Crippen LogP contribution is -2.21. The molecular weight excluding hydrogens is 218 g/mol. The number of fused-ring (bicyclic) bond motifs is 1. The van der Waals surface area contributed by atoms with Gasteiger partial charge in [-0.05, 0) is 49.8 Å². The summed E-state index contributed by atoms with van der Waals surface area (Å²) in [6.07, 6.45) is 10.6. The highest BCUT2D eigenvalue weighted by Gasteiger charge is 2.13. The van der Waals surface area contributed by atoms with E-state index in [0.717, 1.165) is 0 Å². The van der Waals surface area contributed by atoms with Crippen molar-refractivity contribution in [1.82, 2.24) is 0 Å². The van der Waals surface area contributed by atoms with Crippen LogP contribution >= 0.6 is 0 Å². The maximum Gasteiger partial charge on any atom is 0.0374 e. The molecule has 0 saturated carbocycles. The number of hydrogen-bond donors (Lipinski definition) is 1. The number of aryl methyl sites for hydroxylation is 2. The van der Waals surface area contributed by atoms with Gasteiger partial charge in [0.2, 0.25) is 0 Å². The van der Waals surface area contributed by atoms with E-state index in [-0.39, 0.29) is 0 Å². The maximum atomic E-state index is 3.57. The summed E-state index contributed by atoms with van der Waals surface area (Å²) in [5.41, 5.74) is 4.42. The van der Waals surface area contributed by atoms with E-state index in [1.807, 2.05) is 0 Å². The van der Waals surface area contributed by atoms with Crippen molar-refractivity contribution in [3.8, 4) is 0 Å². The molecule has 1 N–H and O–H groups in total. The van der Waals surface area contributed by atoms with E-state index < -0.39 is 0 Å². The van der Waals surface area contributed by atoms with Crippen LogP contribution in [0.25, 0.3) is 0 Å². The Bertz CT molecular complexity index is 370. The van der Waals surface area contributed by atoms with Crippen LogP contribution in [0.2, 0.25) is 0 Å². The smallest absolute Gasteiger partial charge is 0.0374 e. The summed E-state index contributed by atoms with van der Waals surface area (Å²) in [5, 5.41) is 3.57. The molecule has 0 bridgehead atoms. The van der Waals surface area contributed by atoms with Gasteiger partial charge in [0.15, 0.2) is 0 Å². The van der Waals surface area contributed by atoms with E-state index >= 15 is 0 Å². The Hall–Kier alpha value is -0.980. The first-order valence-corrected chi connectivity index (χ1v) is 7.68. The van der Waals surface area contributed by atoms with Crippen LogP contribution in [0.1, 0.15) is 63.5 Å². The first-order valence-electron chi connectivity index (χ1n) is 7.68. The third-order valence-electron chi connectivity index (χ3n) is 3.99. The monoisotopic (exact) mass is 245 g/mol. The normalized spacial score (nSPS) is 18.2. The third-order valence-corrected chi connectivity index (χ3v) is 3.99. The van der Waals surface area contributed by atoms with Crippen LogP contribution in [-0.4, -0.2) is 6.04 Å². The molecule has 0 aromatic heterocycles. The molecule has 1 atom stereocenters. The Kier molecular flexibility index (Phi) is 5.10. The molecule has 2 rings (SSSR count).